The number of sulfone groups is 1. The van der Waals surface area contributed by atoms with Gasteiger partial charge < -0.3 is 10.1 Å². The van der Waals surface area contributed by atoms with Crippen LogP contribution in [-0.2, 0) is 14.6 Å². The van der Waals surface area contributed by atoms with Crippen LogP contribution in [0.4, 0.5) is 10.1 Å². The maximum absolute atomic E-state index is 13.6. The summed E-state index contributed by atoms with van der Waals surface area (Å²) in [4.78, 5) is 13.3. The van der Waals surface area contributed by atoms with E-state index in [4.69, 9.17) is 4.74 Å². The van der Waals surface area contributed by atoms with Gasteiger partial charge in [0.2, 0.25) is 15.7 Å². The molecule has 0 fully saturated rings. The Morgan fingerprint density at radius 1 is 1.21 bits per heavy atom. The summed E-state index contributed by atoms with van der Waals surface area (Å²) in [6.07, 6.45) is 0.160. The number of methoxy groups -OCH3 is 1. The first-order chi connectivity index (χ1) is 13.8. The minimum Gasteiger partial charge on any atom is -0.497 e. The molecule has 0 radical (unpaired) electrons. The fourth-order valence-corrected chi connectivity index (χ4v) is 6.59. The Morgan fingerprint density at radius 3 is 2.59 bits per heavy atom. The lowest BCUT2D eigenvalue weighted by Crippen LogP contribution is -2.23. The summed E-state index contributed by atoms with van der Waals surface area (Å²) in [6.45, 7) is 0. The third-order valence-electron chi connectivity index (χ3n) is 4.76. The third kappa shape index (κ3) is 3.58. The number of carbonyl (C=O) groups is 1. The van der Waals surface area contributed by atoms with E-state index in [1.807, 2.05) is 0 Å². The number of fused-ring (bicyclic) bond motifs is 1. The molecule has 0 spiro atoms. The van der Waals surface area contributed by atoms with E-state index in [2.05, 4.69) is 21.2 Å². The minimum atomic E-state index is -3.84. The number of benzene rings is 2. The number of carbonyl (C=O) groups excluding carboxylic acids is 1. The van der Waals surface area contributed by atoms with Gasteiger partial charge in [0.25, 0.3) is 0 Å². The molecule has 2 heterocycles. The summed E-state index contributed by atoms with van der Waals surface area (Å²) < 4.78 is 45.3. The van der Waals surface area contributed by atoms with Crippen molar-refractivity contribution >= 4 is 48.7 Å². The summed E-state index contributed by atoms with van der Waals surface area (Å²) in [5.74, 6) is -0.484. The second-order valence-electron chi connectivity index (χ2n) is 6.50. The van der Waals surface area contributed by atoms with Crippen LogP contribution in [-0.4, -0.2) is 21.4 Å². The zero-order valence-corrected chi connectivity index (χ0v) is 18.3. The Hall–Kier alpha value is -2.23. The summed E-state index contributed by atoms with van der Waals surface area (Å²) >= 11 is 4.44. The Labute approximate surface area is 179 Å². The molecule has 0 saturated carbocycles. The predicted molar refractivity (Wildman–Crippen MR) is 112 cm³/mol. The van der Waals surface area contributed by atoms with E-state index in [1.165, 1.54) is 36.6 Å². The second-order valence-corrected chi connectivity index (χ2v) is 10.2. The van der Waals surface area contributed by atoms with Gasteiger partial charge in [0.05, 0.1) is 22.2 Å². The van der Waals surface area contributed by atoms with Crippen LogP contribution in [0.5, 0.6) is 5.75 Å². The zero-order valence-electron chi connectivity index (χ0n) is 15.1. The topological polar surface area (TPSA) is 72.5 Å². The largest absolute Gasteiger partial charge is 0.497 e. The second kappa shape index (κ2) is 7.55. The highest BCUT2D eigenvalue weighted by Gasteiger charge is 2.34. The molecular formula is C20H15BrFNO4S2. The number of rotatable bonds is 4. The number of thiophene rings is 1. The lowest BCUT2D eigenvalue weighted by atomic mass is 9.91. The molecule has 2 aromatic carbocycles. The van der Waals surface area contributed by atoms with Crippen LogP contribution in [0.3, 0.4) is 0 Å². The van der Waals surface area contributed by atoms with Crippen molar-refractivity contribution < 1.29 is 22.3 Å². The average molecular weight is 496 g/mol. The highest BCUT2D eigenvalue weighted by Crippen LogP contribution is 2.46. The third-order valence-corrected chi connectivity index (χ3v) is 8.41. The SMILES string of the molecule is COc1ccc(S(=O)(=O)c2csc3c2NC(=O)C[C@@H]3c2ccc(F)c(Br)c2)cc1. The number of amides is 1. The van der Waals surface area contributed by atoms with Crippen LogP contribution in [0.1, 0.15) is 22.8 Å². The van der Waals surface area contributed by atoms with Gasteiger partial charge in [-0.05, 0) is 57.9 Å². The molecule has 0 aliphatic carbocycles. The molecule has 1 N–H and O–H groups in total. The van der Waals surface area contributed by atoms with E-state index < -0.39 is 15.7 Å². The highest BCUT2D eigenvalue weighted by atomic mass is 79.9. The number of anilines is 1. The smallest absolute Gasteiger partial charge is 0.225 e. The van der Waals surface area contributed by atoms with E-state index in [-0.39, 0.29) is 28.0 Å². The van der Waals surface area contributed by atoms with E-state index in [0.29, 0.717) is 15.9 Å². The fraction of sp³-hybridized carbons (Fsp3) is 0.150. The summed E-state index contributed by atoms with van der Waals surface area (Å²) in [5, 5.41) is 4.26. The average Bonchev–Trinajstić information content (AvgIpc) is 3.14. The van der Waals surface area contributed by atoms with E-state index in [1.54, 1.807) is 29.6 Å². The Kier molecular flexibility index (Phi) is 5.22. The van der Waals surface area contributed by atoms with Crippen molar-refractivity contribution in [2.45, 2.75) is 22.1 Å². The van der Waals surface area contributed by atoms with Crippen LogP contribution in [0.15, 0.2) is 62.1 Å². The molecule has 0 unspecified atom stereocenters. The first-order valence-corrected chi connectivity index (χ1v) is 11.7. The number of hydrogen-bond donors (Lipinski definition) is 1. The molecule has 3 aromatic rings. The van der Waals surface area contributed by atoms with Gasteiger partial charge in [-0.25, -0.2) is 12.8 Å². The van der Waals surface area contributed by atoms with E-state index in [9.17, 15) is 17.6 Å². The van der Waals surface area contributed by atoms with Crippen molar-refractivity contribution in [1.29, 1.82) is 0 Å². The van der Waals surface area contributed by atoms with Crippen molar-refractivity contribution in [2.75, 3.05) is 12.4 Å². The molecule has 150 valence electrons. The van der Waals surface area contributed by atoms with Crippen LogP contribution in [0, 0.1) is 5.82 Å². The highest BCUT2D eigenvalue weighted by molar-refractivity contribution is 9.10. The summed E-state index contributed by atoms with van der Waals surface area (Å²) in [7, 11) is -2.33. The van der Waals surface area contributed by atoms with Crippen LogP contribution in [0.25, 0.3) is 0 Å². The Balaban J connectivity index is 1.80. The van der Waals surface area contributed by atoms with Crippen molar-refractivity contribution in [1.82, 2.24) is 0 Å². The molecule has 4 rings (SSSR count). The monoisotopic (exact) mass is 495 g/mol. The van der Waals surface area contributed by atoms with Gasteiger partial charge in [0.15, 0.2) is 0 Å². The van der Waals surface area contributed by atoms with Gasteiger partial charge in [0.1, 0.15) is 16.5 Å². The van der Waals surface area contributed by atoms with E-state index >= 15 is 0 Å². The first kappa shape index (κ1) is 20.1. The van der Waals surface area contributed by atoms with Gasteiger partial charge in [0, 0.05) is 22.6 Å². The maximum atomic E-state index is 13.6. The molecule has 1 aromatic heterocycles. The molecule has 1 amide bonds. The molecule has 1 aliphatic rings. The molecule has 0 bridgehead atoms. The standard InChI is InChI=1S/C20H15BrFNO4S2/c1-27-12-3-5-13(6-4-12)29(25,26)17-10-28-20-14(9-18(24)23-19(17)20)11-2-7-16(22)15(21)8-11/h2-8,10,14H,9H2,1H3,(H,23,24)/t14-/m1/s1. The van der Waals surface area contributed by atoms with Crippen LogP contribution in [0.2, 0.25) is 0 Å². The van der Waals surface area contributed by atoms with Crippen LogP contribution >= 0.6 is 27.3 Å². The number of ether oxygens (including phenoxy) is 1. The molecule has 5 nitrogen and oxygen atoms in total. The van der Waals surface area contributed by atoms with Crippen molar-refractivity contribution in [3.63, 3.8) is 0 Å². The minimum absolute atomic E-state index is 0.0573. The van der Waals surface area contributed by atoms with Gasteiger partial charge in [-0.15, -0.1) is 11.3 Å². The fourth-order valence-electron chi connectivity index (χ4n) is 3.28. The lowest BCUT2D eigenvalue weighted by molar-refractivity contribution is -0.116. The van der Waals surface area contributed by atoms with Gasteiger partial charge >= 0.3 is 0 Å². The lowest BCUT2D eigenvalue weighted by Gasteiger charge is -2.24. The van der Waals surface area contributed by atoms with Gasteiger partial charge in [-0.1, -0.05) is 6.07 Å². The van der Waals surface area contributed by atoms with Crippen LogP contribution < -0.4 is 10.1 Å². The number of nitrogens with one attached hydrogen (secondary N) is 1. The molecule has 29 heavy (non-hydrogen) atoms. The van der Waals surface area contributed by atoms with Crippen molar-refractivity contribution in [2.24, 2.45) is 0 Å². The Morgan fingerprint density at radius 2 is 1.93 bits per heavy atom. The Bertz CT molecular complexity index is 1210. The quantitative estimate of drug-likeness (QED) is 0.554. The van der Waals surface area contributed by atoms with Gasteiger partial charge in [-0.2, -0.15) is 0 Å². The zero-order chi connectivity index (χ0) is 20.8. The molecule has 1 atom stereocenters. The first-order valence-electron chi connectivity index (χ1n) is 8.56. The number of hydrogen-bond acceptors (Lipinski definition) is 5. The molecule has 1 aliphatic heterocycles. The summed E-state index contributed by atoms with van der Waals surface area (Å²) in [6, 6.07) is 10.7. The molecule has 0 saturated heterocycles. The summed E-state index contributed by atoms with van der Waals surface area (Å²) in [5.41, 5.74) is 1.04. The maximum Gasteiger partial charge on any atom is 0.225 e. The predicted octanol–water partition coefficient (Wildman–Crippen LogP) is 4.97. The van der Waals surface area contributed by atoms with Crippen molar-refractivity contribution in [3.05, 3.63) is 68.6 Å². The van der Waals surface area contributed by atoms with Gasteiger partial charge in [-0.3, -0.25) is 4.79 Å². The van der Waals surface area contributed by atoms with Crippen molar-refractivity contribution in [3.8, 4) is 5.75 Å². The molecular weight excluding hydrogens is 481 g/mol. The van der Waals surface area contributed by atoms with E-state index in [0.717, 1.165) is 10.4 Å². The molecule has 9 heteroatoms. The number of halogens is 2. The normalized spacial score (nSPS) is 16.2.